The van der Waals surface area contributed by atoms with Crippen molar-refractivity contribution in [3.05, 3.63) is 72.3 Å². The molecule has 2 amide bonds. The number of rotatable bonds is 4. The second-order valence-electron chi connectivity index (χ2n) is 6.71. The lowest BCUT2D eigenvalue weighted by atomic mass is 10.2. The van der Waals surface area contributed by atoms with E-state index in [2.05, 4.69) is 20.1 Å². The van der Waals surface area contributed by atoms with Gasteiger partial charge in [0.1, 0.15) is 5.82 Å². The molecule has 2 heterocycles. The van der Waals surface area contributed by atoms with Gasteiger partial charge in [0.25, 0.3) is 0 Å². The molecular weight excluding hydrogens is 338 g/mol. The number of amides is 2. The van der Waals surface area contributed by atoms with Gasteiger partial charge in [-0.3, -0.25) is 4.90 Å². The van der Waals surface area contributed by atoms with Crippen LogP contribution < -0.4 is 10.2 Å². The lowest BCUT2D eigenvalue weighted by Crippen LogP contribution is -2.35. The first kappa shape index (κ1) is 17.3. The van der Waals surface area contributed by atoms with Crippen LogP contribution in [0.1, 0.15) is 30.9 Å². The predicted molar refractivity (Wildman–Crippen MR) is 106 cm³/mol. The minimum atomic E-state index is -0.182. The van der Waals surface area contributed by atoms with E-state index in [-0.39, 0.29) is 6.03 Å². The zero-order valence-electron chi connectivity index (χ0n) is 15.2. The molecule has 0 aliphatic carbocycles. The van der Waals surface area contributed by atoms with Crippen molar-refractivity contribution in [3.63, 3.8) is 0 Å². The van der Waals surface area contributed by atoms with E-state index in [0.29, 0.717) is 6.54 Å². The van der Waals surface area contributed by atoms with Crippen molar-refractivity contribution >= 4 is 17.4 Å². The summed E-state index contributed by atoms with van der Waals surface area (Å²) in [6.45, 7) is 1.30. The Morgan fingerprint density at radius 3 is 2.48 bits per heavy atom. The number of benzene rings is 2. The van der Waals surface area contributed by atoms with E-state index in [0.717, 1.165) is 48.8 Å². The number of carbonyl (C=O) groups excluding carboxylic acids is 1. The summed E-state index contributed by atoms with van der Waals surface area (Å²) in [4.78, 5) is 14.8. The molecule has 0 spiro atoms. The third-order valence-corrected chi connectivity index (χ3v) is 4.82. The van der Waals surface area contributed by atoms with Gasteiger partial charge in [-0.2, -0.15) is 0 Å². The van der Waals surface area contributed by atoms with Gasteiger partial charge in [0, 0.05) is 24.3 Å². The highest BCUT2D eigenvalue weighted by molar-refractivity contribution is 6.01. The highest BCUT2D eigenvalue weighted by Crippen LogP contribution is 2.21. The molecule has 0 atom stereocenters. The van der Waals surface area contributed by atoms with Gasteiger partial charge in [-0.1, -0.05) is 42.8 Å². The Morgan fingerprint density at radius 1 is 0.963 bits per heavy atom. The van der Waals surface area contributed by atoms with Crippen molar-refractivity contribution in [2.24, 2.45) is 0 Å². The molecule has 27 heavy (non-hydrogen) atoms. The fourth-order valence-corrected chi connectivity index (χ4v) is 3.40. The second-order valence-corrected chi connectivity index (χ2v) is 6.71. The molecule has 1 aromatic heterocycles. The first-order valence-corrected chi connectivity index (χ1v) is 9.41. The van der Waals surface area contributed by atoms with Crippen molar-refractivity contribution in [1.29, 1.82) is 0 Å². The van der Waals surface area contributed by atoms with Crippen LogP contribution in [-0.4, -0.2) is 20.8 Å². The average molecular weight is 361 g/mol. The van der Waals surface area contributed by atoms with Crippen LogP contribution in [0.3, 0.4) is 0 Å². The van der Waals surface area contributed by atoms with E-state index in [1.807, 2.05) is 60.7 Å². The van der Waals surface area contributed by atoms with E-state index in [9.17, 15) is 4.79 Å². The Kier molecular flexibility index (Phi) is 5.14. The largest absolute Gasteiger partial charge is 0.326 e. The van der Waals surface area contributed by atoms with Gasteiger partial charge in [0.2, 0.25) is 0 Å². The molecule has 0 bridgehead atoms. The second kappa shape index (κ2) is 8.03. The molecule has 0 unspecified atom stereocenters. The topological polar surface area (TPSA) is 63.1 Å². The van der Waals surface area contributed by atoms with Crippen LogP contribution in [0, 0.1) is 0 Å². The minimum absolute atomic E-state index is 0.182. The Morgan fingerprint density at radius 2 is 1.70 bits per heavy atom. The molecule has 6 nitrogen and oxygen atoms in total. The van der Waals surface area contributed by atoms with Gasteiger partial charge in [-0.05, 0) is 37.1 Å². The molecule has 0 fully saturated rings. The Bertz CT molecular complexity index is 891. The van der Waals surface area contributed by atoms with E-state index < -0.39 is 0 Å². The van der Waals surface area contributed by atoms with E-state index >= 15 is 0 Å². The number of aryl methyl sites for hydroxylation is 1. The van der Waals surface area contributed by atoms with Gasteiger partial charge >= 0.3 is 6.03 Å². The summed E-state index contributed by atoms with van der Waals surface area (Å²) < 4.78 is 2.18. The fraction of sp³-hybridized carbons (Fsp3) is 0.286. The molecule has 4 rings (SSSR count). The minimum Gasteiger partial charge on any atom is -0.313 e. The molecule has 6 heteroatoms. The third kappa shape index (κ3) is 4.00. The first-order chi connectivity index (χ1) is 13.3. The number of anilines is 2. The fourth-order valence-electron chi connectivity index (χ4n) is 3.40. The molecule has 0 saturated heterocycles. The highest BCUT2D eigenvalue weighted by Gasteiger charge is 2.21. The van der Waals surface area contributed by atoms with Crippen molar-refractivity contribution in [2.75, 3.05) is 10.2 Å². The zero-order valence-corrected chi connectivity index (χ0v) is 15.2. The van der Waals surface area contributed by atoms with Crippen molar-refractivity contribution in [2.45, 2.75) is 38.8 Å². The summed E-state index contributed by atoms with van der Waals surface area (Å²) in [5.74, 6) is 1.86. The maximum Gasteiger partial charge on any atom is 0.326 e. The van der Waals surface area contributed by atoms with Crippen LogP contribution in [0.4, 0.5) is 16.2 Å². The van der Waals surface area contributed by atoms with Crippen molar-refractivity contribution < 1.29 is 4.79 Å². The normalized spacial score (nSPS) is 13.5. The predicted octanol–water partition coefficient (Wildman–Crippen LogP) is 4.24. The summed E-state index contributed by atoms with van der Waals surface area (Å²) in [6, 6.07) is 19.0. The lowest BCUT2D eigenvalue weighted by Gasteiger charge is -2.23. The van der Waals surface area contributed by atoms with Crippen molar-refractivity contribution in [3.8, 4) is 0 Å². The molecule has 3 aromatic rings. The number of fused-ring (bicyclic) bond motifs is 1. The summed E-state index contributed by atoms with van der Waals surface area (Å²) in [5, 5.41) is 11.7. The maximum atomic E-state index is 13.0. The number of hydrogen-bond donors (Lipinski definition) is 1. The molecule has 0 saturated carbocycles. The molecule has 138 valence electrons. The summed E-state index contributed by atoms with van der Waals surface area (Å²) in [6.07, 6.45) is 4.43. The maximum absolute atomic E-state index is 13.0. The zero-order chi connectivity index (χ0) is 18.5. The Balaban J connectivity index is 1.61. The number of urea groups is 1. The Hall–Kier alpha value is -3.15. The summed E-state index contributed by atoms with van der Waals surface area (Å²) in [7, 11) is 0. The molecule has 0 radical (unpaired) electrons. The number of nitrogens with one attached hydrogen (secondary N) is 1. The number of carbonyl (C=O) groups is 1. The van der Waals surface area contributed by atoms with Gasteiger partial charge in [0.05, 0.1) is 6.54 Å². The van der Waals surface area contributed by atoms with Gasteiger partial charge in [-0.25, -0.2) is 4.79 Å². The van der Waals surface area contributed by atoms with E-state index in [4.69, 9.17) is 0 Å². The van der Waals surface area contributed by atoms with Crippen LogP contribution in [-0.2, 0) is 19.5 Å². The average Bonchev–Trinajstić information content (AvgIpc) is 2.93. The van der Waals surface area contributed by atoms with Crippen LogP contribution in [0.2, 0.25) is 0 Å². The van der Waals surface area contributed by atoms with E-state index in [1.54, 1.807) is 4.90 Å². The molecule has 1 aliphatic rings. The van der Waals surface area contributed by atoms with Gasteiger partial charge in [0.15, 0.2) is 5.82 Å². The number of aromatic nitrogens is 3. The number of nitrogens with zero attached hydrogens (tertiary/aromatic N) is 4. The standard InChI is InChI=1S/C21H23N5O/c27-21(22-17-10-4-1-5-11-17)26(18-12-6-2-7-13-18)16-20-24-23-19-14-8-3-9-15-25(19)20/h1-2,4-7,10-13H,3,8-9,14-16H2,(H,22,27). The smallest absolute Gasteiger partial charge is 0.313 e. The highest BCUT2D eigenvalue weighted by atomic mass is 16.2. The first-order valence-electron chi connectivity index (χ1n) is 9.41. The summed E-state index contributed by atoms with van der Waals surface area (Å²) in [5.41, 5.74) is 1.60. The monoisotopic (exact) mass is 361 g/mol. The molecular formula is C21H23N5O. The third-order valence-electron chi connectivity index (χ3n) is 4.82. The SMILES string of the molecule is O=C(Nc1ccccc1)N(Cc1nnc2n1CCCCC2)c1ccccc1. The quantitative estimate of drug-likeness (QED) is 0.756. The van der Waals surface area contributed by atoms with E-state index in [1.165, 1.54) is 6.42 Å². The van der Waals surface area contributed by atoms with Crippen molar-refractivity contribution in [1.82, 2.24) is 14.8 Å². The van der Waals surface area contributed by atoms with Crippen LogP contribution in [0.15, 0.2) is 60.7 Å². The molecule has 1 aliphatic heterocycles. The van der Waals surface area contributed by atoms with Crippen LogP contribution in [0.5, 0.6) is 0 Å². The van der Waals surface area contributed by atoms with Gasteiger partial charge < -0.3 is 9.88 Å². The summed E-state index contributed by atoms with van der Waals surface area (Å²) >= 11 is 0. The Labute approximate surface area is 158 Å². The molecule has 1 N–H and O–H groups in total. The van der Waals surface area contributed by atoms with Crippen LogP contribution >= 0.6 is 0 Å². The lowest BCUT2D eigenvalue weighted by molar-refractivity contribution is 0.256. The van der Waals surface area contributed by atoms with Crippen LogP contribution in [0.25, 0.3) is 0 Å². The van der Waals surface area contributed by atoms with Gasteiger partial charge in [-0.15, -0.1) is 10.2 Å². The molecule has 2 aromatic carbocycles. The number of para-hydroxylation sites is 2. The number of hydrogen-bond acceptors (Lipinski definition) is 3.